The molecule has 0 atom stereocenters. The quantitative estimate of drug-likeness (QED) is 0.323. The molecule has 32 heavy (non-hydrogen) atoms. The van der Waals surface area contributed by atoms with Crippen molar-refractivity contribution < 1.29 is 14.6 Å². The summed E-state index contributed by atoms with van der Waals surface area (Å²) in [6, 6.07) is 17.4. The maximum Gasteiger partial charge on any atom is 0.336 e. The highest BCUT2D eigenvalue weighted by molar-refractivity contribution is 6.34. The van der Waals surface area contributed by atoms with Crippen molar-refractivity contribution in [3.05, 3.63) is 76.3 Å². The Hall–Kier alpha value is -3.31. The molecule has 164 valence electrons. The van der Waals surface area contributed by atoms with Crippen LogP contribution in [-0.2, 0) is 5.41 Å². The molecule has 6 heteroatoms. The van der Waals surface area contributed by atoms with Crippen molar-refractivity contribution in [2.45, 2.75) is 39.5 Å². The lowest BCUT2D eigenvalue weighted by atomic mass is 9.82. The van der Waals surface area contributed by atoms with Gasteiger partial charge in [-0.1, -0.05) is 62.7 Å². The standard InChI is InChI=1S/C26H25ClN2O3/c1-5-26(3,4)17-9-7-16(8-10-17)20-13-22-23(14-21(20)27)29-25(28-22)32-18-11-6-15(2)19(12-18)24(30)31/h6-14H,5H2,1-4H3,(H,28,29)(H,30,31). The van der Waals surface area contributed by atoms with Crippen molar-refractivity contribution in [1.82, 2.24) is 9.97 Å². The molecule has 0 unspecified atom stereocenters. The number of H-pyrrole nitrogens is 1. The van der Waals surface area contributed by atoms with E-state index in [2.05, 4.69) is 55.0 Å². The van der Waals surface area contributed by atoms with Gasteiger partial charge in [0, 0.05) is 5.56 Å². The van der Waals surface area contributed by atoms with E-state index >= 15 is 0 Å². The fraction of sp³-hybridized carbons (Fsp3) is 0.231. The number of rotatable bonds is 6. The first kappa shape index (κ1) is 21.9. The van der Waals surface area contributed by atoms with Crippen LogP contribution < -0.4 is 4.74 Å². The number of aromatic carboxylic acids is 1. The molecule has 1 aromatic heterocycles. The van der Waals surface area contributed by atoms with Gasteiger partial charge in [-0.05, 0) is 59.7 Å². The number of halogens is 1. The highest BCUT2D eigenvalue weighted by Gasteiger charge is 2.18. The Morgan fingerprint density at radius 2 is 1.84 bits per heavy atom. The molecule has 0 radical (unpaired) electrons. The van der Waals surface area contributed by atoms with Crippen LogP contribution in [0.5, 0.6) is 11.8 Å². The minimum Gasteiger partial charge on any atom is -0.478 e. The van der Waals surface area contributed by atoms with Crippen LogP contribution in [0.25, 0.3) is 22.2 Å². The smallest absolute Gasteiger partial charge is 0.336 e. The number of carboxylic acids is 1. The average Bonchev–Trinajstić information content (AvgIpc) is 3.15. The molecule has 1 heterocycles. The number of nitrogens with one attached hydrogen (secondary N) is 1. The fourth-order valence-electron chi connectivity index (χ4n) is 3.59. The van der Waals surface area contributed by atoms with Gasteiger partial charge in [0.25, 0.3) is 6.01 Å². The molecule has 0 saturated carbocycles. The lowest BCUT2D eigenvalue weighted by Crippen LogP contribution is -2.14. The fourth-order valence-corrected chi connectivity index (χ4v) is 3.86. The van der Waals surface area contributed by atoms with Crippen LogP contribution >= 0.6 is 11.6 Å². The molecule has 0 fully saturated rings. The molecule has 4 rings (SSSR count). The van der Waals surface area contributed by atoms with E-state index in [9.17, 15) is 9.90 Å². The number of imidazole rings is 1. The van der Waals surface area contributed by atoms with Crippen molar-refractivity contribution in [1.29, 1.82) is 0 Å². The number of aromatic nitrogens is 2. The molecule has 0 aliphatic heterocycles. The molecule has 0 amide bonds. The third-order valence-electron chi connectivity index (χ3n) is 6.06. The van der Waals surface area contributed by atoms with Crippen LogP contribution in [0.1, 0.15) is 48.7 Å². The van der Waals surface area contributed by atoms with Gasteiger partial charge in [0.05, 0.1) is 21.6 Å². The van der Waals surface area contributed by atoms with Crippen LogP contribution in [0.2, 0.25) is 5.02 Å². The summed E-state index contributed by atoms with van der Waals surface area (Å²) < 4.78 is 5.79. The second-order valence-corrected chi connectivity index (χ2v) is 9.00. The molecule has 0 aliphatic rings. The van der Waals surface area contributed by atoms with Crippen molar-refractivity contribution in [2.75, 3.05) is 0 Å². The number of nitrogens with zero attached hydrogens (tertiary/aromatic N) is 1. The van der Waals surface area contributed by atoms with Crippen molar-refractivity contribution >= 4 is 28.6 Å². The summed E-state index contributed by atoms with van der Waals surface area (Å²) >= 11 is 6.58. The van der Waals surface area contributed by atoms with E-state index < -0.39 is 5.97 Å². The molecular formula is C26H25ClN2O3. The number of carbonyl (C=O) groups is 1. The predicted octanol–water partition coefficient (Wildman–Crippen LogP) is 7.37. The first-order chi connectivity index (χ1) is 15.2. The molecule has 0 saturated heterocycles. The predicted molar refractivity (Wildman–Crippen MR) is 128 cm³/mol. The molecule has 5 nitrogen and oxygen atoms in total. The summed E-state index contributed by atoms with van der Waals surface area (Å²) in [5, 5.41) is 9.93. The number of aryl methyl sites for hydroxylation is 1. The highest BCUT2D eigenvalue weighted by Crippen LogP contribution is 2.35. The first-order valence-electron chi connectivity index (χ1n) is 10.5. The number of benzene rings is 3. The SMILES string of the molecule is CCC(C)(C)c1ccc(-c2cc3nc(Oc4ccc(C)c(C(=O)O)c4)[nH]c3cc2Cl)cc1. The normalized spacial score (nSPS) is 11.7. The van der Waals surface area contributed by atoms with Crippen molar-refractivity contribution in [3.8, 4) is 22.9 Å². The van der Waals surface area contributed by atoms with Gasteiger partial charge >= 0.3 is 5.97 Å². The maximum absolute atomic E-state index is 11.4. The zero-order valence-electron chi connectivity index (χ0n) is 18.5. The molecule has 0 bridgehead atoms. The first-order valence-corrected chi connectivity index (χ1v) is 10.9. The molecular weight excluding hydrogens is 424 g/mol. The molecule has 0 aliphatic carbocycles. The lowest BCUT2D eigenvalue weighted by molar-refractivity contribution is 0.0695. The molecule has 4 aromatic rings. The second-order valence-electron chi connectivity index (χ2n) is 8.59. The monoisotopic (exact) mass is 448 g/mol. The van der Waals surface area contributed by atoms with E-state index in [0.29, 0.717) is 21.9 Å². The van der Waals surface area contributed by atoms with Gasteiger partial charge < -0.3 is 14.8 Å². The van der Waals surface area contributed by atoms with Crippen LogP contribution in [0.3, 0.4) is 0 Å². The van der Waals surface area contributed by atoms with Crippen LogP contribution in [0.4, 0.5) is 0 Å². The van der Waals surface area contributed by atoms with E-state index in [0.717, 1.165) is 23.1 Å². The van der Waals surface area contributed by atoms with Gasteiger partial charge in [-0.2, -0.15) is 4.98 Å². The van der Waals surface area contributed by atoms with Crippen LogP contribution in [-0.4, -0.2) is 21.0 Å². The lowest BCUT2D eigenvalue weighted by Gasteiger charge is -2.23. The minimum absolute atomic E-state index is 0.122. The summed E-state index contributed by atoms with van der Waals surface area (Å²) in [5.41, 5.74) is 5.63. The maximum atomic E-state index is 11.4. The topological polar surface area (TPSA) is 75.2 Å². The van der Waals surface area contributed by atoms with Crippen LogP contribution in [0.15, 0.2) is 54.6 Å². The van der Waals surface area contributed by atoms with E-state index in [1.54, 1.807) is 19.1 Å². The Bertz CT molecular complexity index is 1310. The van der Waals surface area contributed by atoms with Gasteiger partial charge in [-0.15, -0.1) is 0 Å². The Morgan fingerprint density at radius 3 is 2.50 bits per heavy atom. The second kappa shape index (κ2) is 8.32. The number of ether oxygens (including phenoxy) is 1. The summed E-state index contributed by atoms with van der Waals surface area (Å²) in [7, 11) is 0. The summed E-state index contributed by atoms with van der Waals surface area (Å²) in [6.45, 7) is 8.41. The van der Waals surface area contributed by atoms with E-state index in [1.807, 2.05) is 12.1 Å². The Balaban J connectivity index is 1.65. The molecule has 2 N–H and O–H groups in total. The number of aromatic amines is 1. The van der Waals surface area contributed by atoms with Crippen molar-refractivity contribution in [3.63, 3.8) is 0 Å². The van der Waals surface area contributed by atoms with Crippen molar-refractivity contribution in [2.24, 2.45) is 0 Å². The summed E-state index contributed by atoms with van der Waals surface area (Å²) in [4.78, 5) is 19.0. The zero-order chi connectivity index (χ0) is 23.0. The zero-order valence-corrected chi connectivity index (χ0v) is 19.2. The number of hydrogen-bond acceptors (Lipinski definition) is 3. The molecule has 0 spiro atoms. The van der Waals surface area contributed by atoms with Gasteiger partial charge in [-0.25, -0.2) is 4.79 Å². The van der Waals surface area contributed by atoms with Gasteiger partial charge in [0.15, 0.2) is 0 Å². The van der Waals surface area contributed by atoms with Crippen LogP contribution in [0, 0.1) is 6.92 Å². The minimum atomic E-state index is -0.998. The Kier molecular flexibility index (Phi) is 5.70. The van der Waals surface area contributed by atoms with E-state index in [-0.39, 0.29) is 17.0 Å². The Labute approximate surface area is 192 Å². The summed E-state index contributed by atoms with van der Waals surface area (Å²) in [5.74, 6) is -0.602. The largest absolute Gasteiger partial charge is 0.478 e. The number of fused-ring (bicyclic) bond motifs is 1. The van der Waals surface area contributed by atoms with E-state index in [1.165, 1.54) is 11.6 Å². The third-order valence-corrected chi connectivity index (χ3v) is 6.38. The van der Waals surface area contributed by atoms with E-state index in [4.69, 9.17) is 16.3 Å². The third kappa shape index (κ3) is 4.21. The van der Waals surface area contributed by atoms with Gasteiger partial charge in [-0.3, -0.25) is 0 Å². The van der Waals surface area contributed by atoms with Gasteiger partial charge in [0.2, 0.25) is 0 Å². The number of hydrogen-bond donors (Lipinski definition) is 2. The van der Waals surface area contributed by atoms with Gasteiger partial charge in [0.1, 0.15) is 5.75 Å². The summed E-state index contributed by atoms with van der Waals surface area (Å²) in [6.07, 6.45) is 1.06. The molecule has 3 aromatic carbocycles. The Morgan fingerprint density at radius 1 is 1.12 bits per heavy atom. The average molecular weight is 449 g/mol. The number of carboxylic acid groups (broad SMARTS) is 1. The highest BCUT2D eigenvalue weighted by atomic mass is 35.5.